The van der Waals surface area contributed by atoms with Gasteiger partial charge in [0.15, 0.2) is 0 Å². The molecule has 104 valence electrons. The van der Waals surface area contributed by atoms with Crippen LogP contribution < -0.4 is 10.1 Å². The van der Waals surface area contributed by atoms with Crippen LogP contribution in [-0.4, -0.2) is 13.2 Å². The van der Waals surface area contributed by atoms with E-state index in [-0.39, 0.29) is 5.82 Å². The molecule has 0 saturated carbocycles. The lowest BCUT2D eigenvalue weighted by atomic mass is 9.99. The highest BCUT2D eigenvalue weighted by atomic mass is 19.1. The first-order valence-electron chi connectivity index (χ1n) is 7.04. The molecule has 0 aliphatic carbocycles. The van der Waals surface area contributed by atoms with E-state index < -0.39 is 0 Å². The van der Waals surface area contributed by atoms with Gasteiger partial charge in [-0.25, -0.2) is 4.39 Å². The number of para-hydroxylation sites is 1. The maximum absolute atomic E-state index is 14.3. The summed E-state index contributed by atoms with van der Waals surface area (Å²) in [4.78, 5) is 0. The number of hydrogen-bond donors (Lipinski definition) is 1. The molecule has 0 radical (unpaired) electrons. The quantitative estimate of drug-likeness (QED) is 0.918. The smallest absolute Gasteiger partial charge is 0.131 e. The molecule has 0 saturated heterocycles. The molecule has 2 nitrogen and oxygen atoms in total. The Hall–Kier alpha value is -1.87. The summed E-state index contributed by atoms with van der Waals surface area (Å²) in [6.45, 7) is 4.29. The second-order valence-corrected chi connectivity index (χ2v) is 4.99. The Morgan fingerprint density at radius 2 is 2.10 bits per heavy atom. The minimum Gasteiger partial charge on any atom is -0.492 e. The third-order valence-electron chi connectivity index (χ3n) is 3.62. The van der Waals surface area contributed by atoms with Crippen LogP contribution in [0.3, 0.4) is 0 Å². The van der Waals surface area contributed by atoms with Crippen molar-refractivity contribution < 1.29 is 9.13 Å². The number of nitrogens with one attached hydrogen (secondary N) is 1. The largest absolute Gasteiger partial charge is 0.492 e. The van der Waals surface area contributed by atoms with Gasteiger partial charge in [-0.2, -0.15) is 0 Å². The molecule has 2 aromatic rings. The minimum atomic E-state index is -0.190. The van der Waals surface area contributed by atoms with Crippen LogP contribution in [0.25, 0.3) is 11.1 Å². The van der Waals surface area contributed by atoms with Gasteiger partial charge in [-0.3, -0.25) is 0 Å². The van der Waals surface area contributed by atoms with Gasteiger partial charge in [-0.15, -0.1) is 0 Å². The molecule has 20 heavy (non-hydrogen) atoms. The molecular weight excluding hydrogens is 253 g/mol. The number of ether oxygens (including phenoxy) is 1. The van der Waals surface area contributed by atoms with E-state index in [1.165, 1.54) is 5.56 Å². The lowest BCUT2D eigenvalue weighted by molar-refractivity contribution is 0.358. The summed E-state index contributed by atoms with van der Waals surface area (Å²) in [5.41, 5.74) is 3.59. The first kappa shape index (κ1) is 13.1. The van der Waals surface area contributed by atoms with Crippen LogP contribution in [0.1, 0.15) is 18.1 Å². The zero-order valence-electron chi connectivity index (χ0n) is 11.6. The molecule has 0 fully saturated rings. The first-order chi connectivity index (χ1) is 9.79. The van der Waals surface area contributed by atoms with Crippen molar-refractivity contribution in [2.75, 3.05) is 13.2 Å². The van der Waals surface area contributed by atoms with Crippen molar-refractivity contribution >= 4 is 0 Å². The number of fused-ring (bicyclic) bond motifs is 1. The summed E-state index contributed by atoms with van der Waals surface area (Å²) in [7, 11) is 0. The van der Waals surface area contributed by atoms with E-state index >= 15 is 0 Å². The van der Waals surface area contributed by atoms with Crippen LogP contribution in [0, 0.1) is 5.82 Å². The zero-order valence-corrected chi connectivity index (χ0v) is 11.6. The maximum Gasteiger partial charge on any atom is 0.131 e. The van der Waals surface area contributed by atoms with Gasteiger partial charge < -0.3 is 10.1 Å². The van der Waals surface area contributed by atoms with Crippen molar-refractivity contribution in [2.24, 2.45) is 0 Å². The molecule has 0 unspecified atom stereocenters. The number of halogens is 1. The fourth-order valence-corrected chi connectivity index (χ4v) is 2.58. The summed E-state index contributed by atoms with van der Waals surface area (Å²) in [6.07, 6.45) is 0.906. The highest BCUT2D eigenvalue weighted by Crippen LogP contribution is 2.37. The van der Waals surface area contributed by atoms with Gasteiger partial charge >= 0.3 is 0 Å². The van der Waals surface area contributed by atoms with Crippen molar-refractivity contribution in [3.05, 3.63) is 53.3 Å². The van der Waals surface area contributed by atoms with Crippen LogP contribution in [0.5, 0.6) is 5.75 Å². The van der Waals surface area contributed by atoms with Gasteiger partial charge in [0.25, 0.3) is 0 Å². The fourth-order valence-electron chi connectivity index (χ4n) is 2.58. The molecule has 3 rings (SSSR count). The van der Waals surface area contributed by atoms with Crippen LogP contribution in [0.2, 0.25) is 0 Å². The lowest BCUT2D eigenvalue weighted by Crippen LogP contribution is -2.11. The third-order valence-corrected chi connectivity index (χ3v) is 3.62. The Bertz CT molecular complexity index is 624. The Morgan fingerprint density at radius 1 is 1.20 bits per heavy atom. The summed E-state index contributed by atoms with van der Waals surface area (Å²) in [5.74, 6) is 0.648. The van der Waals surface area contributed by atoms with Crippen LogP contribution >= 0.6 is 0 Å². The van der Waals surface area contributed by atoms with Gasteiger partial charge in [0, 0.05) is 24.1 Å². The Morgan fingerprint density at radius 3 is 2.90 bits per heavy atom. The van der Waals surface area contributed by atoms with E-state index in [0.717, 1.165) is 29.8 Å². The average Bonchev–Trinajstić information content (AvgIpc) is 2.94. The number of rotatable bonds is 4. The highest BCUT2D eigenvalue weighted by molar-refractivity contribution is 5.73. The molecule has 0 aromatic heterocycles. The Kier molecular flexibility index (Phi) is 3.70. The predicted molar refractivity (Wildman–Crippen MR) is 78.4 cm³/mol. The Labute approximate surface area is 118 Å². The summed E-state index contributed by atoms with van der Waals surface area (Å²) >= 11 is 0. The minimum absolute atomic E-state index is 0.190. The predicted octanol–water partition coefficient (Wildman–Crippen LogP) is 3.54. The molecule has 0 spiro atoms. The van der Waals surface area contributed by atoms with Gasteiger partial charge in [-0.05, 0) is 23.7 Å². The first-order valence-corrected chi connectivity index (χ1v) is 7.04. The van der Waals surface area contributed by atoms with Gasteiger partial charge in [-0.1, -0.05) is 37.3 Å². The SMILES string of the molecule is CCNCc1ccc(-c2cccc3c2OCC3)c(F)c1. The van der Waals surface area contributed by atoms with Gasteiger partial charge in [0.1, 0.15) is 11.6 Å². The third kappa shape index (κ3) is 2.41. The molecular formula is C17H18FNO. The molecule has 0 amide bonds. The van der Waals surface area contributed by atoms with E-state index in [1.807, 2.05) is 37.3 Å². The van der Waals surface area contributed by atoms with Crippen LogP contribution in [0.4, 0.5) is 4.39 Å². The average molecular weight is 271 g/mol. The number of hydrogen-bond acceptors (Lipinski definition) is 2. The molecule has 2 aromatic carbocycles. The van der Waals surface area contributed by atoms with E-state index in [4.69, 9.17) is 4.74 Å². The topological polar surface area (TPSA) is 21.3 Å². The van der Waals surface area contributed by atoms with E-state index in [9.17, 15) is 4.39 Å². The van der Waals surface area contributed by atoms with Crippen molar-refractivity contribution in [2.45, 2.75) is 19.9 Å². The second kappa shape index (κ2) is 5.63. The van der Waals surface area contributed by atoms with Gasteiger partial charge in [0.2, 0.25) is 0 Å². The standard InChI is InChI=1S/C17H18FNO/c1-2-19-11-12-6-7-14(16(18)10-12)15-5-3-4-13-8-9-20-17(13)15/h3-7,10,19H,2,8-9,11H2,1H3. The van der Waals surface area contributed by atoms with Crippen LogP contribution in [0.15, 0.2) is 36.4 Å². The summed E-state index contributed by atoms with van der Waals surface area (Å²) in [5, 5.41) is 3.20. The van der Waals surface area contributed by atoms with Crippen molar-refractivity contribution in [1.82, 2.24) is 5.32 Å². The maximum atomic E-state index is 14.3. The molecule has 1 aliphatic heterocycles. The van der Waals surface area contributed by atoms with E-state index in [0.29, 0.717) is 18.7 Å². The zero-order chi connectivity index (χ0) is 13.9. The van der Waals surface area contributed by atoms with Crippen molar-refractivity contribution in [1.29, 1.82) is 0 Å². The van der Waals surface area contributed by atoms with E-state index in [2.05, 4.69) is 5.32 Å². The van der Waals surface area contributed by atoms with Gasteiger partial charge in [0.05, 0.1) is 6.61 Å². The summed E-state index contributed by atoms with van der Waals surface area (Å²) in [6, 6.07) is 11.4. The van der Waals surface area contributed by atoms with E-state index in [1.54, 1.807) is 6.07 Å². The molecule has 1 aliphatic rings. The Balaban J connectivity index is 1.97. The molecule has 3 heteroatoms. The highest BCUT2D eigenvalue weighted by Gasteiger charge is 2.18. The normalized spacial score (nSPS) is 13.1. The fraction of sp³-hybridized carbons (Fsp3) is 0.294. The molecule has 0 bridgehead atoms. The molecule has 0 atom stereocenters. The molecule has 1 heterocycles. The lowest BCUT2D eigenvalue weighted by Gasteiger charge is -2.10. The van der Waals surface area contributed by atoms with Crippen LogP contribution in [-0.2, 0) is 13.0 Å². The van der Waals surface area contributed by atoms with Crippen molar-refractivity contribution in [3.8, 4) is 16.9 Å². The van der Waals surface area contributed by atoms with Crippen molar-refractivity contribution in [3.63, 3.8) is 0 Å². The number of benzene rings is 2. The second-order valence-electron chi connectivity index (χ2n) is 4.99. The monoisotopic (exact) mass is 271 g/mol. The summed E-state index contributed by atoms with van der Waals surface area (Å²) < 4.78 is 20.0. The molecule has 1 N–H and O–H groups in total.